The fraction of sp³-hybridized carbons (Fsp3) is 1.00. The van der Waals surface area contributed by atoms with Gasteiger partial charge in [0.15, 0.2) is 0 Å². The summed E-state index contributed by atoms with van der Waals surface area (Å²) in [6.45, 7) is 3.88. The first-order valence-electron chi connectivity index (χ1n) is 3.94. The average molecular weight is 198 g/mol. The van der Waals surface area contributed by atoms with E-state index < -0.39 is 0 Å². The van der Waals surface area contributed by atoms with E-state index in [4.69, 9.17) is 5.26 Å². The van der Waals surface area contributed by atoms with Crippen LogP contribution in [0.2, 0.25) is 0 Å². The molecule has 0 aliphatic carbocycles. The minimum absolute atomic E-state index is 0.112. The first-order chi connectivity index (χ1) is 6.31. The van der Waals surface area contributed by atoms with Gasteiger partial charge in [-0.25, -0.2) is 10.1 Å². The van der Waals surface area contributed by atoms with Crippen molar-refractivity contribution in [1.29, 1.82) is 0 Å². The standard InChI is InChI=1S/C6H14O7/c1-3-4-5-6(2)8-10-12-13-11-9-7/h6-7H,3-5H2,1-2H3. The third kappa shape index (κ3) is 9.64. The van der Waals surface area contributed by atoms with Gasteiger partial charge >= 0.3 is 0 Å². The Bertz CT molecular complexity index is 99.0. The first-order valence-corrected chi connectivity index (χ1v) is 3.94. The summed E-state index contributed by atoms with van der Waals surface area (Å²) in [6.07, 6.45) is 2.84. The lowest BCUT2D eigenvalue weighted by Gasteiger charge is -2.07. The predicted octanol–water partition coefficient (Wildman–Crippen LogP) is 1.71. The highest BCUT2D eigenvalue weighted by Gasteiger charge is 2.03. The van der Waals surface area contributed by atoms with E-state index in [1.165, 1.54) is 0 Å². The smallest absolute Gasteiger partial charge is 0.0934 e. The minimum atomic E-state index is -0.112. The Morgan fingerprint density at radius 3 is 2.46 bits per heavy atom. The molecule has 7 nitrogen and oxygen atoms in total. The molecule has 13 heavy (non-hydrogen) atoms. The Morgan fingerprint density at radius 1 is 1.15 bits per heavy atom. The summed E-state index contributed by atoms with van der Waals surface area (Å²) in [4.78, 5) is 4.63. The van der Waals surface area contributed by atoms with Crippen molar-refractivity contribution in [3.8, 4) is 0 Å². The average Bonchev–Trinajstić information content (AvgIpc) is 2.14. The molecule has 0 heterocycles. The molecule has 0 amide bonds. The highest BCUT2D eigenvalue weighted by molar-refractivity contribution is 4.45. The Balaban J connectivity index is 3.03. The van der Waals surface area contributed by atoms with Crippen LogP contribution in [0.4, 0.5) is 0 Å². The second-order valence-electron chi connectivity index (χ2n) is 2.40. The van der Waals surface area contributed by atoms with Crippen LogP contribution < -0.4 is 0 Å². The van der Waals surface area contributed by atoms with Crippen LogP contribution in [-0.4, -0.2) is 11.4 Å². The molecule has 0 aliphatic rings. The molecule has 0 aromatic carbocycles. The summed E-state index contributed by atoms with van der Waals surface area (Å²) in [6, 6.07) is 0. The zero-order chi connectivity index (χ0) is 9.94. The summed E-state index contributed by atoms with van der Waals surface area (Å²) < 4.78 is 0. The molecule has 80 valence electrons. The molecule has 0 fully saturated rings. The van der Waals surface area contributed by atoms with E-state index in [1.807, 2.05) is 6.92 Å². The molecule has 0 saturated carbocycles. The highest BCUT2D eigenvalue weighted by Crippen LogP contribution is 2.04. The van der Waals surface area contributed by atoms with Crippen LogP contribution in [-0.2, 0) is 30.1 Å². The fourth-order valence-electron chi connectivity index (χ4n) is 0.658. The number of hydrogen-bond acceptors (Lipinski definition) is 7. The normalized spacial score (nSPS) is 13.2. The number of unbranched alkanes of at least 4 members (excludes halogenated alkanes) is 1. The van der Waals surface area contributed by atoms with Crippen LogP contribution in [0.25, 0.3) is 0 Å². The van der Waals surface area contributed by atoms with Gasteiger partial charge in [-0.1, -0.05) is 19.8 Å². The van der Waals surface area contributed by atoms with Gasteiger partial charge in [0.2, 0.25) is 0 Å². The van der Waals surface area contributed by atoms with E-state index in [0.29, 0.717) is 0 Å². The van der Waals surface area contributed by atoms with Crippen molar-refractivity contribution in [2.24, 2.45) is 0 Å². The van der Waals surface area contributed by atoms with Crippen LogP contribution >= 0.6 is 0 Å². The van der Waals surface area contributed by atoms with Gasteiger partial charge in [0, 0.05) is 0 Å². The summed E-state index contributed by atoms with van der Waals surface area (Å²) in [7, 11) is 0. The molecule has 0 radical (unpaired) electrons. The second kappa shape index (κ2) is 9.81. The van der Waals surface area contributed by atoms with Gasteiger partial charge in [-0.3, -0.25) is 0 Å². The maximum atomic E-state index is 7.57. The fourth-order valence-corrected chi connectivity index (χ4v) is 0.658. The zero-order valence-corrected chi connectivity index (χ0v) is 7.60. The monoisotopic (exact) mass is 198 g/mol. The summed E-state index contributed by atoms with van der Waals surface area (Å²) in [5, 5.41) is 25.5. The van der Waals surface area contributed by atoms with Crippen LogP contribution in [0.15, 0.2) is 0 Å². The molecule has 1 atom stereocenters. The van der Waals surface area contributed by atoms with Crippen molar-refractivity contribution >= 4 is 0 Å². The van der Waals surface area contributed by atoms with Crippen molar-refractivity contribution in [1.82, 2.24) is 0 Å². The lowest BCUT2D eigenvalue weighted by molar-refractivity contribution is -0.789. The molecular weight excluding hydrogens is 184 g/mol. The third-order valence-corrected chi connectivity index (χ3v) is 1.28. The quantitative estimate of drug-likeness (QED) is 0.343. The van der Waals surface area contributed by atoms with Crippen LogP contribution in [0.1, 0.15) is 33.1 Å². The van der Waals surface area contributed by atoms with Gasteiger partial charge in [0.05, 0.1) is 6.10 Å². The molecule has 0 aliphatic heterocycles. The first kappa shape index (κ1) is 12.7. The molecule has 1 unspecified atom stereocenters. The van der Waals surface area contributed by atoms with E-state index >= 15 is 0 Å². The van der Waals surface area contributed by atoms with Crippen molar-refractivity contribution in [2.75, 3.05) is 0 Å². The van der Waals surface area contributed by atoms with Crippen molar-refractivity contribution in [3.63, 3.8) is 0 Å². The summed E-state index contributed by atoms with van der Waals surface area (Å²) >= 11 is 0. The lowest BCUT2D eigenvalue weighted by Crippen LogP contribution is -2.09. The van der Waals surface area contributed by atoms with E-state index in [9.17, 15) is 0 Å². The minimum Gasteiger partial charge on any atom is -0.219 e. The molecule has 0 spiro atoms. The topological polar surface area (TPSA) is 75.6 Å². The van der Waals surface area contributed by atoms with E-state index in [0.717, 1.165) is 19.3 Å². The van der Waals surface area contributed by atoms with E-state index in [1.54, 1.807) is 0 Å². The zero-order valence-electron chi connectivity index (χ0n) is 7.60. The number of rotatable bonds is 9. The van der Waals surface area contributed by atoms with Crippen LogP contribution in [0.5, 0.6) is 0 Å². The maximum absolute atomic E-state index is 7.57. The van der Waals surface area contributed by atoms with Crippen LogP contribution in [0.3, 0.4) is 0 Å². The molecule has 0 aromatic heterocycles. The summed E-state index contributed by atoms with van der Waals surface area (Å²) in [5.41, 5.74) is 0. The van der Waals surface area contributed by atoms with Crippen molar-refractivity contribution in [3.05, 3.63) is 0 Å². The van der Waals surface area contributed by atoms with Gasteiger partial charge in [-0.2, -0.15) is 0 Å². The molecule has 0 aromatic rings. The predicted molar refractivity (Wildman–Crippen MR) is 38.1 cm³/mol. The molecular formula is C6H14O7. The molecule has 0 saturated heterocycles. The van der Waals surface area contributed by atoms with E-state index in [-0.39, 0.29) is 6.10 Å². The van der Waals surface area contributed by atoms with Gasteiger partial charge in [-0.05, 0) is 38.5 Å². The van der Waals surface area contributed by atoms with Crippen molar-refractivity contribution in [2.45, 2.75) is 39.2 Å². The van der Waals surface area contributed by atoms with Gasteiger partial charge < -0.3 is 0 Å². The summed E-state index contributed by atoms with van der Waals surface area (Å²) in [5.74, 6) is 0. The second-order valence-corrected chi connectivity index (χ2v) is 2.40. The van der Waals surface area contributed by atoms with Gasteiger partial charge in [0.1, 0.15) is 0 Å². The Hall–Kier alpha value is -0.280. The Kier molecular flexibility index (Phi) is 9.59. The third-order valence-electron chi connectivity index (χ3n) is 1.28. The number of hydrogen-bond donors (Lipinski definition) is 1. The molecule has 0 rings (SSSR count). The molecule has 7 heteroatoms. The highest BCUT2D eigenvalue weighted by atomic mass is 17.9. The van der Waals surface area contributed by atoms with E-state index in [2.05, 4.69) is 37.0 Å². The van der Waals surface area contributed by atoms with Crippen molar-refractivity contribution < 1.29 is 35.3 Å². The molecule has 0 bridgehead atoms. The largest absolute Gasteiger partial charge is 0.219 e. The lowest BCUT2D eigenvalue weighted by atomic mass is 10.2. The van der Waals surface area contributed by atoms with Gasteiger partial charge in [-0.15, -0.1) is 0 Å². The SMILES string of the molecule is CCCCC(C)OOOOOOO. The Labute approximate surface area is 75.6 Å². The van der Waals surface area contributed by atoms with Gasteiger partial charge in [0.25, 0.3) is 0 Å². The van der Waals surface area contributed by atoms with Crippen LogP contribution in [0, 0.1) is 0 Å². The Morgan fingerprint density at radius 2 is 1.85 bits per heavy atom. The molecule has 1 N–H and O–H groups in total. The maximum Gasteiger partial charge on any atom is 0.0934 e.